The SMILES string of the molecule is C#CCCCC(NC)c1ccco1. The Kier molecular flexibility index (Phi) is 4.14. The van der Waals surface area contributed by atoms with E-state index >= 15 is 0 Å². The maximum absolute atomic E-state index is 5.30. The molecule has 0 spiro atoms. The average Bonchev–Trinajstić information content (AvgIpc) is 2.65. The summed E-state index contributed by atoms with van der Waals surface area (Å²) in [4.78, 5) is 0. The second-order valence-corrected chi connectivity index (χ2v) is 2.95. The van der Waals surface area contributed by atoms with Gasteiger partial charge in [-0.2, -0.15) is 0 Å². The van der Waals surface area contributed by atoms with Crippen LogP contribution in [0.4, 0.5) is 0 Å². The largest absolute Gasteiger partial charge is 0.468 e. The van der Waals surface area contributed by atoms with E-state index in [9.17, 15) is 0 Å². The Morgan fingerprint density at radius 3 is 3.08 bits per heavy atom. The molecule has 0 saturated carbocycles. The molecule has 0 aliphatic heterocycles. The Hall–Kier alpha value is -1.20. The van der Waals surface area contributed by atoms with E-state index in [1.165, 1.54) is 0 Å². The van der Waals surface area contributed by atoms with E-state index < -0.39 is 0 Å². The van der Waals surface area contributed by atoms with Gasteiger partial charge in [-0.1, -0.05) is 0 Å². The topological polar surface area (TPSA) is 25.2 Å². The van der Waals surface area contributed by atoms with Crippen LogP contribution in [0.3, 0.4) is 0 Å². The fraction of sp³-hybridized carbons (Fsp3) is 0.455. The summed E-state index contributed by atoms with van der Waals surface area (Å²) in [5, 5.41) is 3.20. The minimum absolute atomic E-state index is 0.295. The normalized spacial score (nSPS) is 12.3. The van der Waals surface area contributed by atoms with E-state index in [-0.39, 0.29) is 0 Å². The summed E-state index contributed by atoms with van der Waals surface area (Å²) in [5.74, 6) is 3.62. The Balaban J connectivity index is 2.41. The first-order chi connectivity index (χ1) is 6.38. The number of nitrogens with one attached hydrogen (secondary N) is 1. The molecule has 0 saturated heterocycles. The molecule has 1 aromatic heterocycles. The molecule has 0 radical (unpaired) electrons. The zero-order valence-electron chi connectivity index (χ0n) is 7.92. The molecular weight excluding hydrogens is 162 g/mol. The Labute approximate surface area is 79.3 Å². The molecule has 1 aromatic rings. The molecule has 0 bridgehead atoms. The first kappa shape index (κ1) is 9.88. The highest BCUT2D eigenvalue weighted by Crippen LogP contribution is 2.18. The third-order valence-electron chi connectivity index (χ3n) is 2.05. The van der Waals surface area contributed by atoms with Crippen LogP contribution in [0.5, 0.6) is 0 Å². The number of terminal acetylenes is 1. The highest BCUT2D eigenvalue weighted by atomic mass is 16.3. The number of furan rings is 1. The lowest BCUT2D eigenvalue weighted by Crippen LogP contribution is -2.15. The van der Waals surface area contributed by atoms with E-state index in [4.69, 9.17) is 10.8 Å². The third kappa shape index (κ3) is 2.96. The molecule has 0 aromatic carbocycles. The average molecular weight is 177 g/mol. The van der Waals surface area contributed by atoms with Gasteiger partial charge in [0.2, 0.25) is 0 Å². The molecule has 0 amide bonds. The van der Waals surface area contributed by atoms with Gasteiger partial charge in [0.05, 0.1) is 12.3 Å². The van der Waals surface area contributed by atoms with Crippen molar-refractivity contribution in [3.8, 4) is 12.3 Å². The van der Waals surface area contributed by atoms with E-state index in [1.807, 2.05) is 19.2 Å². The first-order valence-electron chi connectivity index (χ1n) is 4.52. The highest BCUT2D eigenvalue weighted by Gasteiger charge is 2.10. The van der Waals surface area contributed by atoms with Gasteiger partial charge in [0, 0.05) is 6.42 Å². The quantitative estimate of drug-likeness (QED) is 0.551. The number of rotatable bonds is 5. The van der Waals surface area contributed by atoms with Crippen molar-refractivity contribution >= 4 is 0 Å². The summed E-state index contributed by atoms with van der Waals surface area (Å²) in [5.41, 5.74) is 0. The van der Waals surface area contributed by atoms with Crippen LogP contribution in [0, 0.1) is 12.3 Å². The van der Waals surface area contributed by atoms with E-state index in [0.717, 1.165) is 25.0 Å². The lowest BCUT2D eigenvalue weighted by molar-refractivity contribution is 0.409. The standard InChI is InChI=1S/C11H15NO/c1-3-4-5-7-10(12-2)11-8-6-9-13-11/h1,6,8-10,12H,4-5,7H2,2H3. The van der Waals surface area contributed by atoms with Gasteiger partial charge in [-0.05, 0) is 32.0 Å². The van der Waals surface area contributed by atoms with Crippen LogP contribution in [0.15, 0.2) is 22.8 Å². The molecule has 2 nitrogen and oxygen atoms in total. The predicted molar refractivity (Wildman–Crippen MR) is 53.2 cm³/mol. The summed E-state index contributed by atoms with van der Waals surface area (Å²) >= 11 is 0. The summed E-state index contributed by atoms with van der Waals surface area (Å²) < 4.78 is 5.30. The molecule has 13 heavy (non-hydrogen) atoms. The minimum atomic E-state index is 0.295. The van der Waals surface area contributed by atoms with E-state index in [2.05, 4.69) is 11.2 Å². The molecule has 1 rings (SSSR count). The van der Waals surface area contributed by atoms with Crippen LogP contribution >= 0.6 is 0 Å². The predicted octanol–water partition coefficient (Wildman–Crippen LogP) is 2.34. The van der Waals surface area contributed by atoms with Crippen LogP contribution in [0.25, 0.3) is 0 Å². The Morgan fingerprint density at radius 2 is 2.54 bits per heavy atom. The van der Waals surface area contributed by atoms with Crippen LogP contribution in [-0.2, 0) is 0 Å². The zero-order chi connectivity index (χ0) is 9.52. The van der Waals surface area contributed by atoms with E-state index in [1.54, 1.807) is 6.26 Å². The molecule has 1 N–H and O–H groups in total. The zero-order valence-corrected chi connectivity index (χ0v) is 7.92. The molecular formula is C11H15NO. The second-order valence-electron chi connectivity index (χ2n) is 2.95. The summed E-state index contributed by atoms with van der Waals surface area (Å²) in [6.07, 6.45) is 9.76. The van der Waals surface area contributed by atoms with Gasteiger partial charge in [0.25, 0.3) is 0 Å². The Bertz CT molecular complexity index is 258. The molecule has 2 heteroatoms. The van der Waals surface area contributed by atoms with Crippen LogP contribution in [-0.4, -0.2) is 7.05 Å². The van der Waals surface area contributed by atoms with Crippen molar-refractivity contribution in [2.24, 2.45) is 0 Å². The number of unbranched alkanes of at least 4 members (excludes halogenated alkanes) is 1. The van der Waals surface area contributed by atoms with Gasteiger partial charge in [0.1, 0.15) is 5.76 Å². The summed E-state index contributed by atoms with van der Waals surface area (Å²) in [7, 11) is 1.93. The maximum Gasteiger partial charge on any atom is 0.120 e. The lowest BCUT2D eigenvalue weighted by Gasteiger charge is -2.11. The van der Waals surface area contributed by atoms with Crippen molar-refractivity contribution in [3.05, 3.63) is 24.2 Å². The number of hydrogen-bond acceptors (Lipinski definition) is 2. The van der Waals surface area contributed by atoms with Gasteiger partial charge < -0.3 is 9.73 Å². The van der Waals surface area contributed by atoms with E-state index in [0.29, 0.717) is 6.04 Å². The van der Waals surface area contributed by atoms with Crippen molar-refractivity contribution < 1.29 is 4.42 Å². The summed E-state index contributed by atoms with van der Waals surface area (Å²) in [6, 6.07) is 4.18. The Morgan fingerprint density at radius 1 is 1.69 bits per heavy atom. The van der Waals surface area contributed by atoms with Gasteiger partial charge >= 0.3 is 0 Å². The van der Waals surface area contributed by atoms with Gasteiger partial charge in [-0.15, -0.1) is 12.3 Å². The molecule has 70 valence electrons. The highest BCUT2D eigenvalue weighted by molar-refractivity contribution is 5.04. The monoisotopic (exact) mass is 177 g/mol. The molecule has 1 atom stereocenters. The molecule has 1 heterocycles. The fourth-order valence-corrected chi connectivity index (χ4v) is 1.33. The minimum Gasteiger partial charge on any atom is -0.468 e. The molecule has 1 unspecified atom stereocenters. The van der Waals surface area contributed by atoms with Gasteiger partial charge in [-0.25, -0.2) is 0 Å². The third-order valence-corrected chi connectivity index (χ3v) is 2.05. The molecule has 0 aliphatic rings. The second kappa shape index (κ2) is 5.45. The lowest BCUT2D eigenvalue weighted by atomic mass is 10.1. The fourth-order valence-electron chi connectivity index (χ4n) is 1.33. The van der Waals surface area contributed by atoms with Crippen molar-refractivity contribution in [1.82, 2.24) is 5.32 Å². The smallest absolute Gasteiger partial charge is 0.120 e. The van der Waals surface area contributed by atoms with Crippen molar-refractivity contribution in [2.45, 2.75) is 25.3 Å². The maximum atomic E-state index is 5.30. The van der Waals surface area contributed by atoms with Crippen LogP contribution < -0.4 is 5.32 Å². The first-order valence-corrected chi connectivity index (χ1v) is 4.52. The van der Waals surface area contributed by atoms with Gasteiger partial charge in [0.15, 0.2) is 0 Å². The molecule has 0 fully saturated rings. The number of hydrogen-bond donors (Lipinski definition) is 1. The van der Waals surface area contributed by atoms with Crippen molar-refractivity contribution in [3.63, 3.8) is 0 Å². The van der Waals surface area contributed by atoms with Crippen LogP contribution in [0.1, 0.15) is 31.1 Å². The summed E-state index contributed by atoms with van der Waals surface area (Å²) in [6.45, 7) is 0. The molecule has 0 aliphatic carbocycles. The van der Waals surface area contributed by atoms with Crippen molar-refractivity contribution in [1.29, 1.82) is 0 Å². The van der Waals surface area contributed by atoms with Crippen molar-refractivity contribution in [2.75, 3.05) is 7.05 Å². The van der Waals surface area contributed by atoms with Gasteiger partial charge in [-0.3, -0.25) is 0 Å². The van der Waals surface area contributed by atoms with Crippen LogP contribution in [0.2, 0.25) is 0 Å².